The third-order valence-corrected chi connectivity index (χ3v) is 1.93. The number of ether oxygens (including phenoxy) is 2. The van der Waals surface area contributed by atoms with E-state index in [1.807, 2.05) is 19.9 Å². The van der Waals surface area contributed by atoms with Gasteiger partial charge in [0.1, 0.15) is 0 Å². The van der Waals surface area contributed by atoms with E-state index in [-0.39, 0.29) is 11.3 Å². The first-order chi connectivity index (χ1) is 8.26. The van der Waals surface area contributed by atoms with Gasteiger partial charge in [-0.25, -0.2) is 0 Å². The SMILES string of the molecule is CCOc1cc(C#N)c(N=[N+]=[N-])cc1OCC. The van der Waals surface area contributed by atoms with Crippen molar-refractivity contribution in [3.05, 3.63) is 28.1 Å². The highest BCUT2D eigenvalue weighted by Crippen LogP contribution is 2.35. The Balaban J connectivity index is 3.31. The molecule has 0 aliphatic heterocycles. The predicted molar refractivity (Wildman–Crippen MR) is 62.3 cm³/mol. The number of rotatable bonds is 5. The van der Waals surface area contributed by atoms with Crippen molar-refractivity contribution in [1.29, 1.82) is 5.26 Å². The third kappa shape index (κ3) is 3.03. The van der Waals surface area contributed by atoms with Gasteiger partial charge in [-0.05, 0) is 25.4 Å². The second-order valence-corrected chi connectivity index (χ2v) is 2.98. The highest BCUT2D eigenvalue weighted by molar-refractivity contribution is 5.61. The summed E-state index contributed by atoms with van der Waals surface area (Å²) in [5.41, 5.74) is 8.91. The van der Waals surface area contributed by atoms with Gasteiger partial charge in [-0.1, -0.05) is 5.11 Å². The highest BCUT2D eigenvalue weighted by Gasteiger charge is 2.10. The van der Waals surface area contributed by atoms with Crippen LogP contribution in [0.5, 0.6) is 11.5 Å². The molecule has 1 rings (SSSR count). The zero-order valence-corrected chi connectivity index (χ0v) is 9.67. The van der Waals surface area contributed by atoms with E-state index < -0.39 is 0 Å². The van der Waals surface area contributed by atoms with Crippen molar-refractivity contribution in [2.45, 2.75) is 13.8 Å². The maximum absolute atomic E-state index is 8.93. The zero-order chi connectivity index (χ0) is 12.7. The topological polar surface area (TPSA) is 91.0 Å². The summed E-state index contributed by atoms with van der Waals surface area (Å²) >= 11 is 0. The average Bonchev–Trinajstić information content (AvgIpc) is 2.33. The lowest BCUT2D eigenvalue weighted by atomic mass is 10.1. The Bertz CT molecular complexity index is 487. The first-order valence-corrected chi connectivity index (χ1v) is 5.15. The Hall–Kier alpha value is -2.38. The van der Waals surface area contributed by atoms with Crippen molar-refractivity contribution in [3.63, 3.8) is 0 Å². The standard InChI is InChI=1S/C11H12N4O2/c1-3-16-10-5-8(7-12)9(14-15-13)6-11(10)17-4-2/h5-6H,3-4H2,1-2H3. The molecule has 0 aliphatic rings. The van der Waals surface area contributed by atoms with Crippen LogP contribution in [-0.2, 0) is 0 Å². The molecule has 88 valence electrons. The Morgan fingerprint density at radius 1 is 1.29 bits per heavy atom. The molecule has 17 heavy (non-hydrogen) atoms. The van der Waals surface area contributed by atoms with Crippen LogP contribution in [0.15, 0.2) is 17.2 Å². The molecule has 0 radical (unpaired) electrons. The summed E-state index contributed by atoms with van der Waals surface area (Å²) in [6.07, 6.45) is 0. The monoisotopic (exact) mass is 232 g/mol. The molecule has 6 heteroatoms. The summed E-state index contributed by atoms with van der Waals surface area (Å²) in [6, 6.07) is 4.97. The van der Waals surface area contributed by atoms with E-state index in [9.17, 15) is 0 Å². The molecule has 6 nitrogen and oxygen atoms in total. The summed E-state index contributed by atoms with van der Waals surface area (Å²) in [5.74, 6) is 0.943. The number of nitriles is 1. The smallest absolute Gasteiger partial charge is 0.162 e. The van der Waals surface area contributed by atoms with E-state index in [1.165, 1.54) is 12.1 Å². The van der Waals surface area contributed by atoms with Gasteiger partial charge in [0.15, 0.2) is 11.5 Å². The minimum Gasteiger partial charge on any atom is -0.490 e. The molecule has 0 unspecified atom stereocenters. The van der Waals surface area contributed by atoms with Crippen molar-refractivity contribution in [2.24, 2.45) is 5.11 Å². The van der Waals surface area contributed by atoms with Crippen molar-refractivity contribution in [2.75, 3.05) is 13.2 Å². The Morgan fingerprint density at radius 3 is 2.35 bits per heavy atom. The zero-order valence-electron chi connectivity index (χ0n) is 9.67. The lowest BCUT2D eigenvalue weighted by Gasteiger charge is -2.12. The van der Waals surface area contributed by atoms with Crippen molar-refractivity contribution < 1.29 is 9.47 Å². The van der Waals surface area contributed by atoms with Gasteiger partial charge in [0.2, 0.25) is 0 Å². The Labute approximate surface area is 99.0 Å². The molecule has 0 fully saturated rings. The van der Waals surface area contributed by atoms with Crippen molar-refractivity contribution >= 4 is 5.69 Å². The maximum Gasteiger partial charge on any atom is 0.162 e. The average molecular weight is 232 g/mol. The second-order valence-electron chi connectivity index (χ2n) is 2.98. The normalized spacial score (nSPS) is 9.00. The van der Waals surface area contributed by atoms with E-state index in [1.54, 1.807) is 0 Å². The fraction of sp³-hybridized carbons (Fsp3) is 0.364. The molecule has 1 aromatic rings. The van der Waals surface area contributed by atoms with Gasteiger partial charge in [0.05, 0.1) is 30.5 Å². The van der Waals surface area contributed by atoms with Crippen LogP contribution in [0.25, 0.3) is 10.4 Å². The van der Waals surface area contributed by atoms with Gasteiger partial charge < -0.3 is 9.47 Å². The van der Waals surface area contributed by atoms with E-state index in [4.69, 9.17) is 20.3 Å². The van der Waals surface area contributed by atoms with Crippen LogP contribution in [0.2, 0.25) is 0 Å². The lowest BCUT2D eigenvalue weighted by molar-refractivity contribution is 0.288. The molecular weight excluding hydrogens is 220 g/mol. The van der Waals surface area contributed by atoms with E-state index in [0.717, 1.165) is 0 Å². The second kappa shape index (κ2) is 6.26. The van der Waals surface area contributed by atoms with Crippen molar-refractivity contribution in [3.8, 4) is 17.6 Å². The van der Waals surface area contributed by atoms with Crippen LogP contribution in [0.3, 0.4) is 0 Å². The first-order valence-electron chi connectivity index (χ1n) is 5.15. The fourth-order valence-corrected chi connectivity index (χ4v) is 1.31. The number of benzene rings is 1. The highest BCUT2D eigenvalue weighted by atomic mass is 16.5. The number of nitrogens with zero attached hydrogens (tertiary/aromatic N) is 4. The number of azide groups is 1. The summed E-state index contributed by atoms with van der Waals surface area (Å²) in [5, 5.41) is 12.4. The van der Waals surface area contributed by atoms with Gasteiger partial charge in [-0.3, -0.25) is 0 Å². The first kappa shape index (κ1) is 12.7. The van der Waals surface area contributed by atoms with Gasteiger partial charge in [-0.15, -0.1) is 0 Å². The van der Waals surface area contributed by atoms with Crippen LogP contribution >= 0.6 is 0 Å². The van der Waals surface area contributed by atoms with Gasteiger partial charge in [-0.2, -0.15) is 5.26 Å². The summed E-state index contributed by atoms with van der Waals surface area (Å²) in [7, 11) is 0. The van der Waals surface area contributed by atoms with Crippen LogP contribution in [-0.4, -0.2) is 13.2 Å². The molecule has 0 heterocycles. The van der Waals surface area contributed by atoms with Crippen molar-refractivity contribution in [1.82, 2.24) is 0 Å². The molecule has 0 saturated heterocycles. The molecule has 0 amide bonds. The largest absolute Gasteiger partial charge is 0.490 e. The third-order valence-electron chi connectivity index (χ3n) is 1.93. The van der Waals surface area contributed by atoms with Crippen LogP contribution in [0.4, 0.5) is 5.69 Å². The Kier molecular flexibility index (Phi) is 4.67. The summed E-state index contributed by atoms with van der Waals surface area (Å²) in [6.45, 7) is 4.60. The quantitative estimate of drug-likeness (QED) is 0.443. The number of hydrogen-bond donors (Lipinski definition) is 0. The molecule has 0 atom stereocenters. The Morgan fingerprint density at radius 2 is 1.88 bits per heavy atom. The van der Waals surface area contributed by atoms with E-state index >= 15 is 0 Å². The molecular formula is C11H12N4O2. The van der Waals surface area contributed by atoms with Crippen LogP contribution in [0, 0.1) is 11.3 Å². The molecule has 0 aliphatic carbocycles. The molecule has 0 bridgehead atoms. The van der Waals surface area contributed by atoms with Gasteiger partial charge >= 0.3 is 0 Å². The van der Waals surface area contributed by atoms with Gasteiger partial charge in [0.25, 0.3) is 0 Å². The van der Waals surface area contributed by atoms with Crippen LogP contribution in [0.1, 0.15) is 19.4 Å². The molecule has 0 spiro atoms. The fourth-order valence-electron chi connectivity index (χ4n) is 1.31. The molecule has 0 saturated carbocycles. The van der Waals surface area contributed by atoms with Crippen LogP contribution < -0.4 is 9.47 Å². The van der Waals surface area contributed by atoms with Gasteiger partial charge in [0, 0.05) is 11.0 Å². The predicted octanol–water partition coefficient (Wildman–Crippen LogP) is 3.30. The summed E-state index contributed by atoms with van der Waals surface area (Å²) in [4.78, 5) is 2.67. The minimum atomic E-state index is 0.238. The number of hydrogen-bond acceptors (Lipinski definition) is 4. The molecule has 0 N–H and O–H groups in total. The summed E-state index contributed by atoms with van der Waals surface area (Å²) < 4.78 is 10.7. The lowest BCUT2D eigenvalue weighted by Crippen LogP contribution is -1.98. The molecule has 1 aromatic carbocycles. The van der Waals surface area contributed by atoms with E-state index in [0.29, 0.717) is 24.7 Å². The van der Waals surface area contributed by atoms with E-state index in [2.05, 4.69) is 10.0 Å². The molecule has 0 aromatic heterocycles. The maximum atomic E-state index is 8.93. The minimum absolute atomic E-state index is 0.238.